The number of hydrogen-bond donors (Lipinski definition) is 2. The molecule has 2 aromatic rings. The number of amides is 1. The zero-order valence-corrected chi connectivity index (χ0v) is 13.2. The van der Waals surface area contributed by atoms with Gasteiger partial charge in [0.25, 0.3) is 5.91 Å². The molecule has 0 saturated heterocycles. The van der Waals surface area contributed by atoms with Crippen LogP contribution in [0, 0.1) is 6.92 Å². The van der Waals surface area contributed by atoms with Crippen LogP contribution in [0.4, 0.5) is 5.69 Å². The average molecular weight is 303 g/mol. The van der Waals surface area contributed by atoms with Gasteiger partial charge in [-0.2, -0.15) is 0 Å². The molecule has 0 heterocycles. The minimum atomic E-state index is -0.0804. The van der Waals surface area contributed by atoms with E-state index in [1.165, 1.54) is 0 Å². The second-order valence-corrected chi connectivity index (χ2v) is 5.46. The zero-order chi connectivity index (χ0) is 15.4. The molecule has 21 heavy (non-hydrogen) atoms. The molecular formula is C17H19ClN2O. The van der Waals surface area contributed by atoms with Crippen molar-refractivity contribution in [3.63, 3.8) is 0 Å². The van der Waals surface area contributed by atoms with Gasteiger partial charge in [0.15, 0.2) is 0 Å². The highest BCUT2D eigenvalue weighted by Crippen LogP contribution is 2.18. The Hall–Kier alpha value is -2.00. The molecule has 0 aromatic heterocycles. The van der Waals surface area contributed by atoms with E-state index in [4.69, 9.17) is 11.6 Å². The first kappa shape index (κ1) is 15.4. The van der Waals surface area contributed by atoms with Crippen molar-refractivity contribution in [3.05, 3.63) is 64.2 Å². The van der Waals surface area contributed by atoms with Gasteiger partial charge in [-0.3, -0.25) is 4.79 Å². The molecule has 1 unspecified atom stereocenters. The third kappa shape index (κ3) is 3.76. The van der Waals surface area contributed by atoms with Crippen LogP contribution in [0.25, 0.3) is 0 Å². The van der Waals surface area contributed by atoms with Crippen molar-refractivity contribution in [3.8, 4) is 0 Å². The van der Waals surface area contributed by atoms with Gasteiger partial charge in [-0.05, 0) is 55.3 Å². The summed E-state index contributed by atoms with van der Waals surface area (Å²) in [4.78, 5) is 12.3. The molecule has 2 rings (SSSR count). The van der Waals surface area contributed by atoms with E-state index in [2.05, 4.69) is 10.6 Å². The van der Waals surface area contributed by atoms with E-state index in [-0.39, 0.29) is 11.9 Å². The van der Waals surface area contributed by atoms with E-state index >= 15 is 0 Å². The van der Waals surface area contributed by atoms with Gasteiger partial charge in [0.2, 0.25) is 0 Å². The molecule has 2 aromatic carbocycles. The Labute approximate surface area is 130 Å². The van der Waals surface area contributed by atoms with Crippen LogP contribution >= 0.6 is 11.6 Å². The summed E-state index contributed by atoms with van der Waals surface area (Å²) in [6.07, 6.45) is 0. The van der Waals surface area contributed by atoms with Crippen LogP contribution in [-0.4, -0.2) is 13.0 Å². The molecule has 110 valence electrons. The highest BCUT2D eigenvalue weighted by Gasteiger charge is 2.12. The van der Waals surface area contributed by atoms with Crippen LogP contribution in [0.2, 0.25) is 5.02 Å². The summed E-state index contributed by atoms with van der Waals surface area (Å²) in [7, 11) is 1.87. The minimum Gasteiger partial charge on any atom is -0.388 e. The van der Waals surface area contributed by atoms with Crippen molar-refractivity contribution in [2.24, 2.45) is 0 Å². The fraction of sp³-hybridized carbons (Fsp3) is 0.235. The lowest BCUT2D eigenvalue weighted by Gasteiger charge is -2.15. The molecule has 0 fully saturated rings. The van der Waals surface area contributed by atoms with Crippen LogP contribution in [0.5, 0.6) is 0 Å². The average Bonchev–Trinajstić information content (AvgIpc) is 2.47. The van der Waals surface area contributed by atoms with Gasteiger partial charge in [0.05, 0.1) is 6.04 Å². The maximum Gasteiger partial charge on any atom is 0.251 e. The van der Waals surface area contributed by atoms with Crippen molar-refractivity contribution in [1.82, 2.24) is 5.32 Å². The Balaban J connectivity index is 2.10. The summed E-state index contributed by atoms with van der Waals surface area (Å²) in [5, 5.41) is 6.77. The summed E-state index contributed by atoms with van der Waals surface area (Å²) < 4.78 is 0. The molecule has 0 spiro atoms. The fourth-order valence-electron chi connectivity index (χ4n) is 2.20. The first-order chi connectivity index (χ1) is 10.0. The third-order valence-corrected chi connectivity index (χ3v) is 3.73. The smallest absolute Gasteiger partial charge is 0.251 e. The van der Waals surface area contributed by atoms with E-state index in [0.29, 0.717) is 10.6 Å². The number of aryl methyl sites for hydroxylation is 1. The molecule has 2 N–H and O–H groups in total. The van der Waals surface area contributed by atoms with Crippen LogP contribution in [-0.2, 0) is 0 Å². The molecule has 1 atom stereocenters. The predicted molar refractivity (Wildman–Crippen MR) is 88.1 cm³/mol. The lowest BCUT2D eigenvalue weighted by atomic mass is 10.1. The molecule has 4 heteroatoms. The van der Waals surface area contributed by atoms with Gasteiger partial charge in [-0.25, -0.2) is 0 Å². The number of nitrogens with one attached hydrogen (secondary N) is 2. The lowest BCUT2D eigenvalue weighted by Crippen LogP contribution is -2.26. The van der Waals surface area contributed by atoms with Gasteiger partial charge < -0.3 is 10.6 Å². The van der Waals surface area contributed by atoms with E-state index in [1.807, 2.05) is 63.4 Å². The van der Waals surface area contributed by atoms with Gasteiger partial charge in [-0.1, -0.05) is 23.7 Å². The van der Waals surface area contributed by atoms with Crippen molar-refractivity contribution >= 4 is 23.2 Å². The summed E-state index contributed by atoms with van der Waals surface area (Å²) in [6, 6.07) is 13.0. The number of benzene rings is 2. The summed E-state index contributed by atoms with van der Waals surface area (Å²) in [5.41, 5.74) is 3.75. The monoisotopic (exact) mass is 302 g/mol. The second-order valence-electron chi connectivity index (χ2n) is 5.03. The van der Waals surface area contributed by atoms with Crippen molar-refractivity contribution < 1.29 is 4.79 Å². The molecular weight excluding hydrogens is 284 g/mol. The topological polar surface area (TPSA) is 41.1 Å². The number of halogens is 1. The molecule has 0 radical (unpaired) electrons. The highest BCUT2D eigenvalue weighted by atomic mass is 35.5. The Morgan fingerprint density at radius 2 is 1.81 bits per heavy atom. The standard InChI is InChI=1S/C17H19ClN2O/c1-11-10-14(6-9-16(11)19-3)17(21)20-12(2)13-4-7-15(18)8-5-13/h4-10,12,19H,1-3H3,(H,20,21). The van der Waals surface area contributed by atoms with Crippen LogP contribution in [0.3, 0.4) is 0 Å². The van der Waals surface area contributed by atoms with Gasteiger partial charge in [-0.15, -0.1) is 0 Å². The first-order valence-electron chi connectivity index (χ1n) is 6.86. The van der Waals surface area contributed by atoms with Crippen LogP contribution in [0.15, 0.2) is 42.5 Å². The summed E-state index contributed by atoms with van der Waals surface area (Å²) in [6.45, 7) is 3.93. The number of hydrogen-bond acceptors (Lipinski definition) is 2. The Kier molecular flexibility index (Phi) is 4.86. The van der Waals surface area contributed by atoms with Crippen molar-refractivity contribution in [2.75, 3.05) is 12.4 Å². The normalized spacial score (nSPS) is 11.8. The maximum atomic E-state index is 12.3. The van der Waals surface area contributed by atoms with Crippen LogP contribution < -0.4 is 10.6 Å². The molecule has 3 nitrogen and oxygen atoms in total. The van der Waals surface area contributed by atoms with E-state index in [0.717, 1.165) is 16.8 Å². The fourth-order valence-corrected chi connectivity index (χ4v) is 2.33. The largest absolute Gasteiger partial charge is 0.388 e. The quantitative estimate of drug-likeness (QED) is 0.889. The number of carbonyl (C=O) groups excluding carboxylic acids is 1. The Morgan fingerprint density at radius 1 is 1.14 bits per heavy atom. The number of carbonyl (C=O) groups is 1. The van der Waals surface area contributed by atoms with Crippen LogP contribution in [0.1, 0.15) is 34.5 Å². The number of anilines is 1. The van der Waals surface area contributed by atoms with Gasteiger partial charge in [0, 0.05) is 23.3 Å². The van der Waals surface area contributed by atoms with Crippen molar-refractivity contribution in [1.29, 1.82) is 0 Å². The molecule has 0 bridgehead atoms. The molecule has 1 amide bonds. The molecule has 0 aliphatic rings. The SMILES string of the molecule is CNc1ccc(C(=O)NC(C)c2ccc(Cl)cc2)cc1C. The summed E-state index contributed by atoms with van der Waals surface area (Å²) in [5.74, 6) is -0.0804. The Morgan fingerprint density at radius 3 is 2.38 bits per heavy atom. The predicted octanol–water partition coefficient (Wildman–Crippen LogP) is 4.18. The van der Waals surface area contributed by atoms with Gasteiger partial charge >= 0.3 is 0 Å². The first-order valence-corrected chi connectivity index (χ1v) is 7.24. The lowest BCUT2D eigenvalue weighted by molar-refractivity contribution is 0.0940. The minimum absolute atomic E-state index is 0.0703. The van der Waals surface area contributed by atoms with E-state index in [1.54, 1.807) is 0 Å². The molecule has 0 saturated carbocycles. The van der Waals surface area contributed by atoms with Gasteiger partial charge in [0.1, 0.15) is 0 Å². The second kappa shape index (κ2) is 6.64. The maximum absolute atomic E-state index is 12.3. The zero-order valence-electron chi connectivity index (χ0n) is 12.4. The molecule has 0 aliphatic heterocycles. The number of rotatable bonds is 4. The highest BCUT2D eigenvalue weighted by molar-refractivity contribution is 6.30. The Bertz CT molecular complexity index is 638. The van der Waals surface area contributed by atoms with E-state index < -0.39 is 0 Å². The third-order valence-electron chi connectivity index (χ3n) is 3.48. The van der Waals surface area contributed by atoms with E-state index in [9.17, 15) is 4.79 Å². The van der Waals surface area contributed by atoms with Crippen molar-refractivity contribution in [2.45, 2.75) is 19.9 Å². The summed E-state index contributed by atoms with van der Waals surface area (Å²) >= 11 is 5.87. The molecule has 0 aliphatic carbocycles.